The van der Waals surface area contributed by atoms with E-state index in [4.69, 9.17) is 0 Å². The van der Waals surface area contributed by atoms with E-state index in [1.165, 1.54) is 5.56 Å². The first-order valence-electron chi connectivity index (χ1n) is 6.88. The Morgan fingerprint density at radius 2 is 2.19 bits per heavy atom. The van der Waals surface area contributed by atoms with Crippen LogP contribution in [-0.4, -0.2) is 26.3 Å². The summed E-state index contributed by atoms with van der Waals surface area (Å²) >= 11 is 0. The molecular formula is C15H17N5O. The first kappa shape index (κ1) is 13.5. The van der Waals surface area contributed by atoms with Crippen LogP contribution >= 0.6 is 0 Å². The van der Waals surface area contributed by atoms with Gasteiger partial charge < -0.3 is 10.3 Å². The number of aryl methyl sites for hydroxylation is 1. The van der Waals surface area contributed by atoms with Gasteiger partial charge in [-0.15, -0.1) is 0 Å². The van der Waals surface area contributed by atoms with Crippen molar-refractivity contribution in [3.8, 4) is 0 Å². The van der Waals surface area contributed by atoms with Crippen LogP contribution in [0.3, 0.4) is 0 Å². The van der Waals surface area contributed by atoms with E-state index in [0.29, 0.717) is 17.8 Å². The van der Waals surface area contributed by atoms with E-state index >= 15 is 0 Å². The zero-order valence-electron chi connectivity index (χ0n) is 11.8. The van der Waals surface area contributed by atoms with Crippen molar-refractivity contribution in [2.45, 2.75) is 13.0 Å². The molecule has 2 aromatic heterocycles. The standard InChI is InChI=1S/C15H17N5O/c1-20-10-11(8-17-20)6-7-16-9-14-18-13-5-3-2-4-12(13)15(21)19-14/h2-5,8,10,16H,6-7,9H2,1H3,(H,18,19,21). The van der Waals surface area contributed by atoms with Crippen LogP contribution in [0.1, 0.15) is 11.4 Å². The number of H-pyrrole nitrogens is 1. The van der Waals surface area contributed by atoms with Gasteiger partial charge in [0.2, 0.25) is 0 Å². The monoisotopic (exact) mass is 283 g/mol. The lowest BCUT2D eigenvalue weighted by Gasteiger charge is -2.04. The lowest BCUT2D eigenvalue weighted by Crippen LogP contribution is -2.21. The predicted molar refractivity (Wildman–Crippen MR) is 81.0 cm³/mol. The molecule has 3 aromatic rings. The Kier molecular flexibility index (Phi) is 3.79. The summed E-state index contributed by atoms with van der Waals surface area (Å²) in [4.78, 5) is 19.2. The van der Waals surface area contributed by atoms with Gasteiger partial charge in [-0.3, -0.25) is 9.48 Å². The molecule has 0 aliphatic rings. The van der Waals surface area contributed by atoms with Crippen molar-refractivity contribution in [2.75, 3.05) is 6.54 Å². The number of para-hydroxylation sites is 1. The molecule has 3 rings (SSSR count). The minimum atomic E-state index is -0.0929. The third-order valence-corrected chi connectivity index (χ3v) is 3.30. The second-order valence-corrected chi connectivity index (χ2v) is 4.98. The predicted octanol–water partition coefficient (Wildman–Crippen LogP) is 0.989. The average Bonchev–Trinajstić information content (AvgIpc) is 2.89. The first-order chi connectivity index (χ1) is 10.2. The molecule has 108 valence electrons. The number of benzene rings is 1. The van der Waals surface area contributed by atoms with Crippen LogP contribution in [0.5, 0.6) is 0 Å². The number of fused-ring (bicyclic) bond motifs is 1. The number of aromatic nitrogens is 4. The van der Waals surface area contributed by atoms with Crippen molar-refractivity contribution in [1.82, 2.24) is 25.1 Å². The van der Waals surface area contributed by atoms with Gasteiger partial charge in [0.25, 0.3) is 5.56 Å². The van der Waals surface area contributed by atoms with Gasteiger partial charge in [-0.1, -0.05) is 12.1 Å². The molecule has 0 radical (unpaired) electrons. The van der Waals surface area contributed by atoms with E-state index in [1.54, 1.807) is 10.7 Å². The minimum absolute atomic E-state index is 0.0929. The van der Waals surface area contributed by atoms with Crippen LogP contribution in [0, 0.1) is 0 Å². The van der Waals surface area contributed by atoms with E-state index in [0.717, 1.165) is 18.5 Å². The molecule has 0 saturated heterocycles. The lowest BCUT2D eigenvalue weighted by atomic mass is 10.2. The molecule has 0 unspecified atom stereocenters. The summed E-state index contributed by atoms with van der Waals surface area (Å²) in [6, 6.07) is 7.35. The average molecular weight is 283 g/mol. The van der Waals surface area contributed by atoms with Crippen molar-refractivity contribution in [3.63, 3.8) is 0 Å². The molecule has 0 atom stereocenters. The topological polar surface area (TPSA) is 75.6 Å². The maximum Gasteiger partial charge on any atom is 0.258 e. The molecule has 0 spiro atoms. The number of rotatable bonds is 5. The van der Waals surface area contributed by atoms with Gasteiger partial charge in [0.1, 0.15) is 5.82 Å². The fourth-order valence-corrected chi connectivity index (χ4v) is 2.26. The molecule has 1 aromatic carbocycles. The van der Waals surface area contributed by atoms with Crippen LogP contribution in [0.4, 0.5) is 0 Å². The molecule has 0 saturated carbocycles. The van der Waals surface area contributed by atoms with Crippen LogP contribution in [0.25, 0.3) is 10.9 Å². The molecular weight excluding hydrogens is 266 g/mol. The fraction of sp³-hybridized carbons (Fsp3) is 0.267. The maximum atomic E-state index is 11.9. The smallest absolute Gasteiger partial charge is 0.258 e. The van der Waals surface area contributed by atoms with Crippen LogP contribution in [-0.2, 0) is 20.0 Å². The Balaban J connectivity index is 1.61. The summed E-state index contributed by atoms with van der Waals surface area (Å²) in [7, 11) is 1.90. The van der Waals surface area contributed by atoms with Crippen LogP contribution in [0.15, 0.2) is 41.5 Å². The zero-order valence-corrected chi connectivity index (χ0v) is 11.8. The van der Waals surface area contributed by atoms with E-state index in [2.05, 4.69) is 20.4 Å². The Morgan fingerprint density at radius 3 is 3.00 bits per heavy atom. The van der Waals surface area contributed by atoms with Gasteiger partial charge in [-0.2, -0.15) is 5.10 Å². The summed E-state index contributed by atoms with van der Waals surface area (Å²) < 4.78 is 1.79. The molecule has 2 heterocycles. The molecule has 0 aliphatic carbocycles. The third-order valence-electron chi connectivity index (χ3n) is 3.30. The number of hydrogen-bond acceptors (Lipinski definition) is 4. The highest BCUT2D eigenvalue weighted by Gasteiger charge is 2.03. The summed E-state index contributed by atoms with van der Waals surface area (Å²) in [6.07, 6.45) is 4.75. The third kappa shape index (κ3) is 3.17. The SMILES string of the molecule is Cn1cc(CCNCc2nc3ccccc3c(=O)[nH]2)cn1. The first-order valence-corrected chi connectivity index (χ1v) is 6.88. The summed E-state index contributed by atoms with van der Waals surface area (Å²) in [5.74, 6) is 0.657. The molecule has 0 aliphatic heterocycles. The van der Waals surface area contributed by atoms with E-state index in [9.17, 15) is 4.79 Å². The molecule has 0 fully saturated rings. The second-order valence-electron chi connectivity index (χ2n) is 4.98. The van der Waals surface area contributed by atoms with Gasteiger partial charge in [0.05, 0.1) is 23.6 Å². The lowest BCUT2D eigenvalue weighted by molar-refractivity contribution is 0.659. The second kappa shape index (κ2) is 5.88. The quantitative estimate of drug-likeness (QED) is 0.685. The van der Waals surface area contributed by atoms with Crippen molar-refractivity contribution >= 4 is 10.9 Å². The summed E-state index contributed by atoms with van der Waals surface area (Å²) in [6.45, 7) is 1.35. The van der Waals surface area contributed by atoms with Gasteiger partial charge in [-0.25, -0.2) is 4.98 Å². The Morgan fingerprint density at radius 1 is 1.33 bits per heavy atom. The minimum Gasteiger partial charge on any atom is -0.310 e. The number of nitrogens with one attached hydrogen (secondary N) is 2. The molecule has 0 amide bonds. The van der Waals surface area contributed by atoms with E-state index < -0.39 is 0 Å². The highest BCUT2D eigenvalue weighted by molar-refractivity contribution is 5.77. The largest absolute Gasteiger partial charge is 0.310 e. The number of nitrogens with zero attached hydrogens (tertiary/aromatic N) is 3. The fourth-order valence-electron chi connectivity index (χ4n) is 2.26. The van der Waals surface area contributed by atoms with Crippen molar-refractivity contribution in [1.29, 1.82) is 0 Å². The Labute approximate surface area is 121 Å². The summed E-state index contributed by atoms with van der Waals surface area (Å²) in [5, 5.41) is 8.03. The molecule has 0 bridgehead atoms. The maximum absolute atomic E-state index is 11.9. The van der Waals surface area contributed by atoms with Gasteiger partial charge in [-0.05, 0) is 30.7 Å². The molecule has 21 heavy (non-hydrogen) atoms. The van der Waals surface area contributed by atoms with Crippen molar-refractivity contribution < 1.29 is 0 Å². The number of hydrogen-bond donors (Lipinski definition) is 2. The summed E-state index contributed by atoms with van der Waals surface area (Å²) in [5.41, 5.74) is 1.82. The Bertz CT molecular complexity index is 805. The Hall–Kier alpha value is -2.47. The van der Waals surface area contributed by atoms with Crippen molar-refractivity contribution in [3.05, 3.63) is 58.4 Å². The van der Waals surface area contributed by atoms with Gasteiger partial charge in [0, 0.05) is 13.2 Å². The molecule has 6 heteroatoms. The normalized spacial score (nSPS) is 11.1. The van der Waals surface area contributed by atoms with Crippen LogP contribution in [0.2, 0.25) is 0 Å². The number of aromatic amines is 1. The highest BCUT2D eigenvalue weighted by atomic mass is 16.1. The van der Waals surface area contributed by atoms with Gasteiger partial charge in [0.15, 0.2) is 0 Å². The van der Waals surface area contributed by atoms with E-state index in [-0.39, 0.29) is 5.56 Å². The molecule has 6 nitrogen and oxygen atoms in total. The van der Waals surface area contributed by atoms with E-state index in [1.807, 2.05) is 37.6 Å². The zero-order chi connectivity index (χ0) is 14.7. The van der Waals surface area contributed by atoms with Gasteiger partial charge >= 0.3 is 0 Å². The van der Waals surface area contributed by atoms with Crippen LogP contribution < -0.4 is 10.9 Å². The van der Waals surface area contributed by atoms with Crippen molar-refractivity contribution in [2.24, 2.45) is 7.05 Å². The highest BCUT2D eigenvalue weighted by Crippen LogP contribution is 2.05. The molecule has 2 N–H and O–H groups in total.